The zero-order chi connectivity index (χ0) is 30.5. The van der Waals surface area contributed by atoms with Gasteiger partial charge >= 0.3 is 5.97 Å². The first-order valence-corrected chi connectivity index (χ1v) is 14.1. The molecule has 0 aromatic carbocycles. The molecule has 228 valence electrons. The molecule has 1 saturated carbocycles. The number of amides is 4. The number of hydrogen-bond acceptors (Lipinski definition) is 9. The number of primary amides is 1. The predicted octanol–water partition coefficient (Wildman–Crippen LogP) is -0.469. The van der Waals surface area contributed by atoms with Gasteiger partial charge in [-0.25, -0.2) is 0 Å². The monoisotopic (exact) mass is 568 g/mol. The van der Waals surface area contributed by atoms with E-state index in [0.717, 1.165) is 0 Å². The highest BCUT2D eigenvalue weighted by Gasteiger charge is 2.52. The Morgan fingerprint density at radius 1 is 0.950 bits per heavy atom. The molecule has 13 heteroatoms. The largest absolute Gasteiger partial charge is 0.465 e. The van der Waals surface area contributed by atoms with Gasteiger partial charge in [0.25, 0.3) is 0 Å². The maximum Gasteiger partial charge on any atom is 0.326 e. The Labute approximate surface area is 236 Å². The van der Waals surface area contributed by atoms with Crippen LogP contribution in [0.25, 0.3) is 0 Å². The number of hydrogen-bond donors (Lipinski definition) is 6. The van der Waals surface area contributed by atoms with Gasteiger partial charge in [-0.05, 0) is 64.3 Å². The maximum absolute atomic E-state index is 13.7. The van der Waals surface area contributed by atoms with E-state index in [0.29, 0.717) is 38.6 Å². The van der Waals surface area contributed by atoms with E-state index < -0.39 is 59.1 Å². The quantitative estimate of drug-likeness (QED) is 0.0926. The van der Waals surface area contributed by atoms with Crippen molar-refractivity contribution < 1.29 is 33.5 Å². The summed E-state index contributed by atoms with van der Waals surface area (Å²) in [5.74, 6) is -4.24. The average Bonchev–Trinajstić information content (AvgIpc) is 3.27. The highest BCUT2D eigenvalue weighted by molar-refractivity contribution is 5.98. The van der Waals surface area contributed by atoms with E-state index in [1.165, 1.54) is 6.92 Å². The minimum Gasteiger partial charge on any atom is -0.465 e. The molecule has 1 aliphatic rings. The summed E-state index contributed by atoms with van der Waals surface area (Å²) in [6.07, 6.45) is 2.50. The molecule has 0 saturated heterocycles. The Kier molecular flexibility index (Phi) is 14.8. The van der Waals surface area contributed by atoms with Crippen molar-refractivity contribution >= 4 is 35.4 Å². The molecular weight excluding hydrogens is 520 g/mol. The Bertz CT molecular complexity index is 912. The number of ketones is 1. The lowest BCUT2D eigenvalue weighted by molar-refractivity contribution is -0.153. The number of Topliss-reactive ketones (excluding diaryl/α,β-unsaturated/α-hetero) is 1. The molecule has 0 aromatic rings. The van der Waals surface area contributed by atoms with Gasteiger partial charge in [0.2, 0.25) is 23.6 Å². The van der Waals surface area contributed by atoms with Crippen LogP contribution in [0.3, 0.4) is 0 Å². The van der Waals surface area contributed by atoms with E-state index in [9.17, 15) is 28.8 Å². The van der Waals surface area contributed by atoms with Crippen LogP contribution in [-0.4, -0.2) is 72.2 Å². The fourth-order valence-corrected chi connectivity index (χ4v) is 5.01. The van der Waals surface area contributed by atoms with Crippen LogP contribution in [0.1, 0.15) is 85.5 Å². The number of ether oxygens (including phenoxy) is 1. The lowest BCUT2D eigenvalue weighted by atomic mass is 9.81. The summed E-state index contributed by atoms with van der Waals surface area (Å²) >= 11 is 0. The summed E-state index contributed by atoms with van der Waals surface area (Å²) < 4.78 is 5.12. The minimum atomic E-state index is -1.54. The maximum atomic E-state index is 13.7. The smallest absolute Gasteiger partial charge is 0.326 e. The molecule has 0 heterocycles. The molecule has 0 bridgehead atoms. The minimum absolute atomic E-state index is 0.0882. The summed E-state index contributed by atoms with van der Waals surface area (Å²) in [5.41, 5.74) is 15.8. The zero-order valence-electron chi connectivity index (χ0n) is 24.3. The van der Waals surface area contributed by atoms with Crippen LogP contribution in [0.15, 0.2) is 0 Å². The number of nitrogens with two attached hydrogens (primary N) is 3. The fraction of sp³-hybridized carbons (Fsp3) is 0.778. The number of unbranched alkanes of at least 4 members (excludes halogenated alkanes) is 1. The van der Waals surface area contributed by atoms with E-state index in [-0.39, 0.29) is 44.1 Å². The third kappa shape index (κ3) is 10.8. The van der Waals surface area contributed by atoms with Crippen LogP contribution in [0, 0.1) is 11.8 Å². The second kappa shape index (κ2) is 16.9. The zero-order valence-corrected chi connectivity index (χ0v) is 24.3. The van der Waals surface area contributed by atoms with Gasteiger partial charge in [0.1, 0.15) is 17.6 Å². The SMILES string of the molecule is CCOC(=O)C1(N)CCCC1C(=O)[C@H](CCC(N)=O)NC(=O)[C@H](CCCCN)NC(=O)[C@H](CC(C)C)NC(C)=O. The first-order chi connectivity index (χ1) is 18.8. The van der Waals surface area contributed by atoms with Crippen molar-refractivity contribution in [2.24, 2.45) is 29.0 Å². The fourth-order valence-electron chi connectivity index (χ4n) is 5.01. The Balaban J connectivity index is 3.21. The third-order valence-electron chi connectivity index (χ3n) is 7.02. The number of esters is 1. The summed E-state index contributed by atoms with van der Waals surface area (Å²) in [6, 6.07) is -3.06. The third-order valence-corrected chi connectivity index (χ3v) is 7.02. The van der Waals surface area contributed by atoms with Gasteiger partial charge < -0.3 is 37.9 Å². The molecule has 1 fully saturated rings. The van der Waals surface area contributed by atoms with E-state index in [2.05, 4.69) is 16.0 Å². The van der Waals surface area contributed by atoms with Crippen LogP contribution in [-0.2, 0) is 33.5 Å². The van der Waals surface area contributed by atoms with Gasteiger partial charge in [-0.2, -0.15) is 0 Å². The molecule has 0 spiro atoms. The number of nitrogens with one attached hydrogen (secondary N) is 3. The molecule has 1 rings (SSSR count). The first kappa shape index (κ1) is 35.0. The topological polar surface area (TPSA) is 226 Å². The summed E-state index contributed by atoms with van der Waals surface area (Å²) in [5, 5.41) is 8.00. The highest BCUT2D eigenvalue weighted by atomic mass is 16.5. The lowest BCUT2D eigenvalue weighted by Gasteiger charge is -2.31. The molecule has 5 atom stereocenters. The van der Waals surface area contributed by atoms with Crippen LogP contribution in [0.5, 0.6) is 0 Å². The summed E-state index contributed by atoms with van der Waals surface area (Å²) in [6.45, 7) is 7.23. The van der Waals surface area contributed by atoms with Crippen molar-refractivity contribution in [1.29, 1.82) is 0 Å². The standard InChI is InChI=1S/C27H48N6O7/c1-5-40-26(39)27(30)13-8-9-18(27)23(36)19(11-12-22(29)35)32-24(37)20(10-6-7-14-28)33-25(38)21(15-16(2)3)31-17(4)34/h16,18-21H,5-15,28,30H2,1-4H3,(H2,29,35)(H,31,34)(H,32,37)(H,33,38)/t18?,19-,20-,21-,27?/m0/s1. The molecule has 2 unspecified atom stereocenters. The van der Waals surface area contributed by atoms with Crippen LogP contribution in [0.4, 0.5) is 0 Å². The van der Waals surface area contributed by atoms with Crippen molar-refractivity contribution in [3.05, 3.63) is 0 Å². The normalized spacial score (nSPS) is 20.7. The van der Waals surface area contributed by atoms with Crippen LogP contribution in [0.2, 0.25) is 0 Å². The molecule has 4 amide bonds. The second-order valence-corrected chi connectivity index (χ2v) is 10.9. The number of carbonyl (C=O) groups excluding carboxylic acids is 6. The molecule has 40 heavy (non-hydrogen) atoms. The van der Waals surface area contributed by atoms with Crippen molar-refractivity contribution in [1.82, 2.24) is 16.0 Å². The summed E-state index contributed by atoms with van der Waals surface area (Å²) in [7, 11) is 0. The lowest BCUT2D eigenvalue weighted by Crippen LogP contribution is -2.59. The van der Waals surface area contributed by atoms with Crippen LogP contribution >= 0.6 is 0 Å². The van der Waals surface area contributed by atoms with Gasteiger partial charge in [0.15, 0.2) is 5.78 Å². The van der Waals surface area contributed by atoms with Crippen molar-refractivity contribution in [3.63, 3.8) is 0 Å². The van der Waals surface area contributed by atoms with Gasteiger partial charge in [-0.15, -0.1) is 0 Å². The molecule has 0 aromatic heterocycles. The molecule has 9 N–H and O–H groups in total. The van der Waals surface area contributed by atoms with E-state index in [4.69, 9.17) is 21.9 Å². The van der Waals surface area contributed by atoms with Gasteiger partial charge in [-0.1, -0.05) is 20.3 Å². The van der Waals surface area contributed by atoms with E-state index >= 15 is 0 Å². The molecule has 1 aliphatic carbocycles. The molecular formula is C27H48N6O7. The molecule has 0 radical (unpaired) electrons. The van der Waals surface area contributed by atoms with Crippen LogP contribution < -0.4 is 33.2 Å². The first-order valence-electron chi connectivity index (χ1n) is 14.1. The van der Waals surface area contributed by atoms with Crippen molar-refractivity contribution in [2.45, 2.75) is 109 Å². The number of rotatable bonds is 18. The second-order valence-electron chi connectivity index (χ2n) is 10.9. The Morgan fingerprint density at radius 2 is 1.57 bits per heavy atom. The molecule has 0 aliphatic heterocycles. The van der Waals surface area contributed by atoms with Crippen molar-refractivity contribution in [2.75, 3.05) is 13.2 Å². The molecule has 13 nitrogen and oxygen atoms in total. The predicted molar refractivity (Wildman–Crippen MR) is 148 cm³/mol. The Morgan fingerprint density at radius 3 is 2.12 bits per heavy atom. The highest BCUT2D eigenvalue weighted by Crippen LogP contribution is 2.36. The summed E-state index contributed by atoms with van der Waals surface area (Å²) in [4.78, 5) is 76.1. The van der Waals surface area contributed by atoms with Crippen molar-refractivity contribution in [3.8, 4) is 0 Å². The average molecular weight is 569 g/mol. The van der Waals surface area contributed by atoms with Gasteiger partial charge in [0, 0.05) is 19.3 Å². The van der Waals surface area contributed by atoms with E-state index in [1.807, 2.05) is 13.8 Å². The van der Waals surface area contributed by atoms with Gasteiger partial charge in [-0.3, -0.25) is 28.8 Å². The number of carbonyl (C=O) groups is 6. The van der Waals surface area contributed by atoms with E-state index in [1.54, 1.807) is 6.92 Å². The van der Waals surface area contributed by atoms with Gasteiger partial charge in [0.05, 0.1) is 12.6 Å². The Hall–Kier alpha value is -3.06.